The summed E-state index contributed by atoms with van der Waals surface area (Å²) in [4.78, 5) is 8.92. The van der Waals surface area contributed by atoms with E-state index < -0.39 is 6.10 Å². The lowest BCUT2D eigenvalue weighted by atomic mass is 9.92. The molecule has 3 rings (SSSR count). The highest BCUT2D eigenvalue weighted by atomic mass is 16.3. The Morgan fingerprint density at radius 3 is 2.48 bits per heavy atom. The monoisotopic (exact) mass is 313 g/mol. The zero-order valence-electron chi connectivity index (χ0n) is 13.6. The van der Waals surface area contributed by atoms with Gasteiger partial charge in [0, 0.05) is 18.0 Å². The molecule has 2 atom stereocenters. The van der Waals surface area contributed by atoms with E-state index in [1.54, 1.807) is 24.5 Å². The fraction of sp³-hybridized carbons (Fsp3) is 0.444. The summed E-state index contributed by atoms with van der Waals surface area (Å²) in [7, 11) is 0. The van der Waals surface area contributed by atoms with Crippen molar-refractivity contribution in [1.29, 1.82) is 0 Å². The average Bonchev–Trinajstić information content (AvgIpc) is 2.55. The maximum absolute atomic E-state index is 10.5. The molecule has 1 aliphatic heterocycles. The van der Waals surface area contributed by atoms with E-state index in [1.165, 1.54) is 0 Å². The number of benzene rings is 1. The molecule has 0 bridgehead atoms. The van der Waals surface area contributed by atoms with Crippen LogP contribution in [0.2, 0.25) is 0 Å². The number of hydrogen-bond acceptors (Lipinski definition) is 5. The van der Waals surface area contributed by atoms with Crippen LogP contribution in [0.3, 0.4) is 0 Å². The van der Waals surface area contributed by atoms with Crippen LogP contribution in [0.5, 0.6) is 5.75 Å². The predicted octanol–water partition coefficient (Wildman–Crippen LogP) is 2.50. The molecule has 1 aromatic heterocycles. The van der Waals surface area contributed by atoms with Crippen molar-refractivity contribution in [3.63, 3.8) is 0 Å². The molecule has 2 unspecified atom stereocenters. The molecule has 0 spiro atoms. The van der Waals surface area contributed by atoms with Crippen molar-refractivity contribution in [3.8, 4) is 17.0 Å². The van der Waals surface area contributed by atoms with Crippen LogP contribution >= 0.6 is 0 Å². The predicted molar refractivity (Wildman–Crippen MR) is 89.2 cm³/mol. The normalized spacial score (nSPS) is 19.5. The number of aliphatic hydroxyl groups excluding tert-OH is 1. The van der Waals surface area contributed by atoms with Crippen molar-refractivity contribution in [3.05, 3.63) is 41.3 Å². The highest BCUT2D eigenvalue weighted by Crippen LogP contribution is 2.30. The van der Waals surface area contributed by atoms with Crippen LogP contribution < -0.4 is 5.32 Å². The Hall–Kier alpha value is -1.98. The third-order valence-electron chi connectivity index (χ3n) is 4.53. The number of nitrogens with zero attached hydrogens (tertiary/aromatic N) is 2. The molecule has 0 amide bonds. The second kappa shape index (κ2) is 6.64. The molecule has 1 fully saturated rings. The van der Waals surface area contributed by atoms with Crippen LogP contribution in [0, 0.1) is 19.8 Å². The van der Waals surface area contributed by atoms with Crippen molar-refractivity contribution in [2.45, 2.75) is 32.8 Å². The van der Waals surface area contributed by atoms with Gasteiger partial charge in [0.1, 0.15) is 11.9 Å². The summed E-state index contributed by atoms with van der Waals surface area (Å²) in [6.45, 7) is 5.73. The van der Waals surface area contributed by atoms with E-state index in [1.807, 2.05) is 13.8 Å². The van der Waals surface area contributed by atoms with E-state index in [2.05, 4.69) is 15.3 Å². The van der Waals surface area contributed by atoms with Crippen molar-refractivity contribution in [1.82, 2.24) is 15.3 Å². The van der Waals surface area contributed by atoms with Gasteiger partial charge in [-0.15, -0.1) is 0 Å². The standard InChI is InChI=1S/C18H23N3O2/c1-11-6-14(22)7-12(2)17(11)15-9-21-16(10-20-15)18(23)13-4-3-5-19-8-13/h6-7,9-10,13,18-19,22-23H,3-5,8H2,1-2H3. The van der Waals surface area contributed by atoms with Gasteiger partial charge < -0.3 is 15.5 Å². The summed E-state index contributed by atoms with van der Waals surface area (Å²) >= 11 is 0. The summed E-state index contributed by atoms with van der Waals surface area (Å²) in [6.07, 6.45) is 4.89. The van der Waals surface area contributed by atoms with Gasteiger partial charge in [-0.2, -0.15) is 0 Å². The molecular formula is C18H23N3O2. The van der Waals surface area contributed by atoms with Crippen molar-refractivity contribution in [2.75, 3.05) is 13.1 Å². The molecule has 2 aromatic rings. The smallest absolute Gasteiger partial charge is 0.116 e. The molecule has 23 heavy (non-hydrogen) atoms. The molecule has 1 aromatic carbocycles. The van der Waals surface area contributed by atoms with Gasteiger partial charge in [0.15, 0.2) is 0 Å². The zero-order valence-corrected chi connectivity index (χ0v) is 13.6. The second-order valence-corrected chi connectivity index (χ2v) is 6.33. The van der Waals surface area contributed by atoms with Crippen LogP contribution in [-0.2, 0) is 0 Å². The first-order chi connectivity index (χ1) is 11.1. The van der Waals surface area contributed by atoms with Gasteiger partial charge >= 0.3 is 0 Å². The summed E-state index contributed by atoms with van der Waals surface area (Å²) in [5.74, 6) is 0.453. The summed E-state index contributed by atoms with van der Waals surface area (Å²) in [5, 5.41) is 23.4. The van der Waals surface area contributed by atoms with Crippen molar-refractivity contribution in [2.24, 2.45) is 5.92 Å². The largest absolute Gasteiger partial charge is 0.508 e. The van der Waals surface area contributed by atoms with E-state index in [9.17, 15) is 10.2 Å². The molecule has 1 aliphatic rings. The number of aromatic nitrogens is 2. The average molecular weight is 313 g/mol. The number of hydrogen-bond donors (Lipinski definition) is 3. The Balaban J connectivity index is 1.85. The van der Waals surface area contributed by atoms with Gasteiger partial charge in [0.05, 0.1) is 23.8 Å². The number of aryl methyl sites for hydroxylation is 2. The number of phenols is 1. The Morgan fingerprint density at radius 1 is 1.17 bits per heavy atom. The fourth-order valence-electron chi connectivity index (χ4n) is 3.35. The topological polar surface area (TPSA) is 78.3 Å². The Bertz CT molecular complexity index is 656. The van der Waals surface area contributed by atoms with E-state index in [0.29, 0.717) is 5.69 Å². The number of piperidine rings is 1. The summed E-state index contributed by atoms with van der Waals surface area (Å²) < 4.78 is 0. The molecule has 3 N–H and O–H groups in total. The summed E-state index contributed by atoms with van der Waals surface area (Å²) in [5.41, 5.74) is 4.29. The van der Waals surface area contributed by atoms with Gasteiger partial charge in [0.2, 0.25) is 0 Å². The lowest BCUT2D eigenvalue weighted by molar-refractivity contribution is 0.0880. The Labute approximate surface area is 136 Å². The van der Waals surface area contributed by atoms with Crippen LogP contribution in [-0.4, -0.2) is 33.3 Å². The molecule has 1 saturated heterocycles. The van der Waals surface area contributed by atoms with E-state index in [-0.39, 0.29) is 11.7 Å². The lowest BCUT2D eigenvalue weighted by Crippen LogP contribution is -2.33. The number of aliphatic hydroxyl groups is 1. The first-order valence-corrected chi connectivity index (χ1v) is 8.07. The van der Waals surface area contributed by atoms with Crippen LogP contribution in [0.15, 0.2) is 24.5 Å². The van der Waals surface area contributed by atoms with Gasteiger partial charge in [0.25, 0.3) is 0 Å². The van der Waals surface area contributed by atoms with Crippen molar-refractivity contribution >= 4 is 0 Å². The van der Waals surface area contributed by atoms with Gasteiger partial charge in [-0.1, -0.05) is 0 Å². The van der Waals surface area contributed by atoms with E-state index in [0.717, 1.165) is 48.3 Å². The quantitative estimate of drug-likeness (QED) is 0.811. The molecule has 122 valence electrons. The maximum atomic E-state index is 10.5. The first-order valence-electron chi connectivity index (χ1n) is 8.07. The lowest BCUT2D eigenvalue weighted by Gasteiger charge is -2.26. The minimum Gasteiger partial charge on any atom is -0.508 e. The number of aromatic hydroxyl groups is 1. The second-order valence-electron chi connectivity index (χ2n) is 6.33. The van der Waals surface area contributed by atoms with Crippen molar-refractivity contribution < 1.29 is 10.2 Å². The van der Waals surface area contributed by atoms with Gasteiger partial charge in [-0.25, -0.2) is 0 Å². The molecule has 5 heteroatoms. The van der Waals surface area contributed by atoms with E-state index in [4.69, 9.17) is 0 Å². The highest BCUT2D eigenvalue weighted by Gasteiger charge is 2.24. The molecule has 5 nitrogen and oxygen atoms in total. The molecule has 2 heterocycles. The Morgan fingerprint density at radius 2 is 1.91 bits per heavy atom. The first kappa shape index (κ1) is 15.9. The van der Waals surface area contributed by atoms with Gasteiger partial charge in [-0.05, 0) is 56.5 Å². The van der Waals surface area contributed by atoms with Crippen LogP contribution in [0.4, 0.5) is 0 Å². The summed E-state index contributed by atoms with van der Waals surface area (Å²) in [6, 6.07) is 3.45. The fourth-order valence-corrected chi connectivity index (χ4v) is 3.35. The van der Waals surface area contributed by atoms with Gasteiger partial charge in [-0.3, -0.25) is 9.97 Å². The minimum absolute atomic E-state index is 0.195. The number of nitrogens with one attached hydrogen (secondary N) is 1. The number of phenolic OH excluding ortho intramolecular Hbond substituents is 1. The van der Waals surface area contributed by atoms with Crippen LogP contribution in [0.25, 0.3) is 11.3 Å². The third kappa shape index (κ3) is 3.35. The molecule has 0 aliphatic carbocycles. The minimum atomic E-state index is -0.577. The third-order valence-corrected chi connectivity index (χ3v) is 4.53. The SMILES string of the molecule is Cc1cc(O)cc(C)c1-c1cnc(C(O)C2CCCNC2)cn1. The molecule has 0 radical (unpaired) electrons. The molecular weight excluding hydrogens is 290 g/mol. The number of rotatable bonds is 3. The van der Waals surface area contributed by atoms with Crippen LogP contribution in [0.1, 0.15) is 35.8 Å². The molecule has 0 saturated carbocycles. The maximum Gasteiger partial charge on any atom is 0.116 e. The Kier molecular flexibility index (Phi) is 4.59. The van der Waals surface area contributed by atoms with E-state index >= 15 is 0 Å². The highest BCUT2D eigenvalue weighted by molar-refractivity contribution is 5.68. The zero-order chi connectivity index (χ0) is 16.4.